The average molecular weight is 282 g/mol. The van der Waals surface area contributed by atoms with Crippen molar-refractivity contribution < 1.29 is 20.6 Å². The molecule has 0 spiro atoms. The van der Waals surface area contributed by atoms with Crippen LogP contribution in [0.5, 0.6) is 0 Å². The molecule has 0 saturated carbocycles. The van der Waals surface area contributed by atoms with Crippen LogP contribution in [0.4, 0.5) is 5.95 Å². The van der Waals surface area contributed by atoms with Crippen molar-refractivity contribution in [3.63, 3.8) is 0 Å². The van der Waals surface area contributed by atoms with Crippen molar-refractivity contribution in [2.45, 2.75) is 24.3 Å². The summed E-state index contributed by atoms with van der Waals surface area (Å²) in [5, 5.41) is 30.8. The number of aliphatic hydroxyl groups excluding tert-OH is 3. The molecular weight excluding hydrogens is 266 g/mol. The molecule has 2 aromatic heterocycles. The van der Waals surface area contributed by atoms with Crippen LogP contribution in [0.25, 0.3) is 11.0 Å². The molecule has 1 aliphatic heterocycles. The Morgan fingerprint density at radius 2 is 2.15 bits per heavy atom. The second kappa shape index (κ2) is 4.56. The highest BCUT2D eigenvalue weighted by molar-refractivity contribution is 5.79. The van der Waals surface area contributed by atoms with E-state index in [0.717, 1.165) is 0 Å². The lowest BCUT2D eigenvalue weighted by Crippen LogP contribution is -2.89. The van der Waals surface area contributed by atoms with E-state index in [-0.39, 0.29) is 18.1 Å². The van der Waals surface area contributed by atoms with Crippen molar-refractivity contribution in [2.75, 3.05) is 12.3 Å². The molecule has 0 aliphatic carbocycles. The normalized spacial score (nSPS) is 30.1. The van der Waals surface area contributed by atoms with Gasteiger partial charge in [-0.25, -0.2) is 4.98 Å². The first-order valence-corrected chi connectivity index (χ1v) is 6.21. The lowest BCUT2D eigenvalue weighted by atomic mass is 10.0. The van der Waals surface area contributed by atoms with Crippen molar-refractivity contribution in [3.05, 3.63) is 22.1 Å². The molecule has 9 nitrogen and oxygen atoms in total. The maximum atomic E-state index is 11.7. The Hall–Kier alpha value is -1.94. The van der Waals surface area contributed by atoms with Gasteiger partial charge >= 0.3 is 0 Å². The van der Waals surface area contributed by atoms with Crippen LogP contribution in [0.15, 0.2) is 11.0 Å². The zero-order chi connectivity index (χ0) is 14.4. The van der Waals surface area contributed by atoms with Crippen LogP contribution in [0, 0.1) is 0 Å². The number of nitrogens with zero attached hydrogens (tertiary/aromatic N) is 1. The molecule has 3 rings (SSSR count). The first-order chi connectivity index (χ1) is 9.52. The third-order valence-electron chi connectivity index (χ3n) is 3.76. The number of quaternary nitrogens is 1. The maximum absolute atomic E-state index is 11.7. The van der Waals surface area contributed by atoms with Crippen molar-refractivity contribution in [1.29, 1.82) is 0 Å². The molecule has 0 aromatic carbocycles. The topological polar surface area (TPSA) is 165 Å². The summed E-state index contributed by atoms with van der Waals surface area (Å²) < 4.78 is 0. The van der Waals surface area contributed by atoms with Crippen molar-refractivity contribution >= 4 is 17.0 Å². The first-order valence-electron chi connectivity index (χ1n) is 6.21. The number of aromatic amines is 2. The van der Waals surface area contributed by atoms with E-state index in [0.29, 0.717) is 11.1 Å². The molecule has 108 valence electrons. The van der Waals surface area contributed by atoms with Gasteiger partial charge in [-0.1, -0.05) is 0 Å². The lowest BCUT2D eigenvalue weighted by molar-refractivity contribution is -0.713. The minimum absolute atomic E-state index is 0.0184. The summed E-state index contributed by atoms with van der Waals surface area (Å²) in [6.07, 6.45) is -0.550. The molecule has 20 heavy (non-hydrogen) atoms. The van der Waals surface area contributed by atoms with E-state index >= 15 is 0 Å². The van der Waals surface area contributed by atoms with Gasteiger partial charge in [0.05, 0.1) is 12.2 Å². The summed E-state index contributed by atoms with van der Waals surface area (Å²) in [6, 6.07) is -1.04. The minimum Gasteiger partial charge on any atom is -0.390 e. The molecule has 2 aromatic rings. The molecule has 0 radical (unpaired) electrons. The predicted molar refractivity (Wildman–Crippen MR) is 68.7 cm³/mol. The lowest BCUT2D eigenvalue weighted by Gasteiger charge is -2.11. The van der Waals surface area contributed by atoms with Crippen LogP contribution in [-0.2, 0) is 0 Å². The molecule has 4 atom stereocenters. The van der Waals surface area contributed by atoms with Crippen LogP contribution >= 0.6 is 0 Å². The molecule has 1 saturated heterocycles. The smallest absolute Gasteiger partial charge is 0.276 e. The molecule has 0 amide bonds. The van der Waals surface area contributed by atoms with E-state index in [9.17, 15) is 20.1 Å². The molecule has 9 N–H and O–H groups in total. The highest BCUT2D eigenvalue weighted by Gasteiger charge is 2.46. The fraction of sp³-hybridized carbons (Fsp3) is 0.455. The molecule has 1 aliphatic rings. The number of hydrogen-bond acceptors (Lipinski definition) is 6. The van der Waals surface area contributed by atoms with E-state index < -0.39 is 29.9 Å². The number of H-pyrrole nitrogens is 2. The maximum Gasteiger partial charge on any atom is 0.276 e. The van der Waals surface area contributed by atoms with Crippen LogP contribution in [0.1, 0.15) is 11.6 Å². The Balaban J connectivity index is 2.09. The number of aliphatic hydroxyl groups is 3. The summed E-state index contributed by atoms with van der Waals surface area (Å²) in [7, 11) is 0. The standard InChI is InChI=1S/C11H15N5O4/c12-11-15-5-3(1-13-7(5)10(20)16-11)6-9(19)8(18)4(2-17)14-6/h1,4,6,8-9,13-14,17-19H,2H2,(H3,12,15,16,20)/p+1/t4-,6+,8-,9+/m1/s1. The highest BCUT2D eigenvalue weighted by atomic mass is 16.3. The third kappa shape index (κ3) is 1.79. The zero-order valence-electron chi connectivity index (χ0n) is 10.4. The largest absolute Gasteiger partial charge is 0.390 e. The molecule has 3 heterocycles. The second-order valence-electron chi connectivity index (χ2n) is 4.96. The predicted octanol–water partition coefficient (Wildman–Crippen LogP) is -3.47. The number of hydrogen-bond donors (Lipinski definition) is 7. The van der Waals surface area contributed by atoms with Crippen LogP contribution < -0.4 is 16.6 Å². The number of nitrogen functional groups attached to an aromatic ring is 1. The van der Waals surface area contributed by atoms with E-state index in [1.165, 1.54) is 0 Å². The zero-order valence-corrected chi connectivity index (χ0v) is 10.4. The van der Waals surface area contributed by atoms with Crippen LogP contribution in [-0.4, -0.2) is 55.1 Å². The van der Waals surface area contributed by atoms with Gasteiger partial charge in [0.2, 0.25) is 5.95 Å². The van der Waals surface area contributed by atoms with E-state index in [4.69, 9.17) is 5.73 Å². The summed E-state index contributed by atoms with van der Waals surface area (Å²) >= 11 is 0. The SMILES string of the molecule is Nc1nc2c([C@@H]3[NH2+][C@H](CO)[C@@H](O)[C@H]3O)c[nH]c2c(=O)[nH]1. The van der Waals surface area contributed by atoms with Gasteiger partial charge in [0.25, 0.3) is 5.56 Å². The van der Waals surface area contributed by atoms with E-state index in [2.05, 4.69) is 15.0 Å². The van der Waals surface area contributed by atoms with Crippen molar-refractivity contribution in [3.8, 4) is 0 Å². The minimum atomic E-state index is -1.06. The number of aromatic nitrogens is 3. The Morgan fingerprint density at radius 3 is 2.80 bits per heavy atom. The monoisotopic (exact) mass is 282 g/mol. The molecule has 1 fully saturated rings. The van der Waals surface area contributed by atoms with Crippen molar-refractivity contribution in [1.82, 2.24) is 15.0 Å². The van der Waals surface area contributed by atoms with Gasteiger partial charge < -0.3 is 31.4 Å². The fourth-order valence-electron chi connectivity index (χ4n) is 2.72. The summed E-state index contributed by atoms with van der Waals surface area (Å²) in [6.45, 7) is -0.257. The van der Waals surface area contributed by atoms with Gasteiger partial charge in [-0.15, -0.1) is 0 Å². The number of fused-ring (bicyclic) bond motifs is 1. The van der Waals surface area contributed by atoms with E-state index in [1.807, 2.05) is 0 Å². The Morgan fingerprint density at radius 1 is 1.40 bits per heavy atom. The van der Waals surface area contributed by atoms with Crippen molar-refractivity contribution in [2.24, 2.45) is 0 Å². The fourth-order valence-corrected chi connectivity index (χ4v) is 2.72. The van der Waals surface area contributed by atoms with Gasteiger partial charge in [-0.2, -0.15) is 0 Å². The number of anilines is 1. The Labute approximate surface area is 112 Å². The molecule has 0 unspecified atom stereocenters. The first kappa shape index (κ1) is 13.1. The van der Waals surface area contributed by atoms with Crippen LogP contribution in [0.3, 0.4) is 0 Å². The van der Waals surface area contributed by atoms with Gasteiger partial charge in [0.1, 0.15) is 35.3 Å². The number of rotatable bonds is 2. The number of nitrogens with two attached hydrogens (primary N) is 2. The van der Waals surface area contributed by atoms with Gasteiger partial charge in [0.15, 0.2) is 0 Å². The quantitative estimate of drug-likeness (QED) is 0.302. The van der Waals surface area contributed by atoms with Gasteiger partial charge in [0, 0.05) is 6.20 Å². The third-order valence-corrected chi connectivity index (χ3v) is 3.76. The Kier molecular flexibility index (Phi) is 2.98. The van der Waals surface area contributed by atoms with E-state index in [1.54, 1.807) is 11.5 Å². The molecular formula is C11H16N5O4+. The molecule has 0 bridgehead atoms. The summed E-state index contributed by atoms with van der Waals surface area (Å²) in [4.78, 5) is 21.0. The number of nitrogens with one attached hydrogen (secondary N) is 2. The second-order valence-corrected chi connectivity index (χ2v) is 4.96. The average Bonchev–Trinajstić information content (AvgIpc) is 2.93. The highest BCUT2D eigenvalue weighted by Crippen LogP contribution is 2.26. The summed E-state index contributed by atoms with van der Waals surface area (Å²) in [5.74, 6) is -0.0184. The Bertz CT molecular complexity index is 696. The van der Waals surface area contributed by atoms with Gasteiger partial charge in [-0.3, -0.25) is 9.78 Å². The summed E-state index contributed by atoms with van der Waals surface area (Å²) in [5.41, 5.74) is 6.32. The molecule has 9 heteroatoms. The van der Waals surface area contributed by atoms with Gasteiger partial charge in [-0.05, 0) is 0 Å². The van der Waals surface area contributed by atoms with Crippen LogP contribution in [0.2, 0.25) is 0 Å².